The number of rotatable bonds is 8. The Morgan fingerprint density at radius 3 is 2.96 bits per heavy atom. The van der Waals surface area contributed by atoms with Crippen LogP contribution in [0.4, 0.5) is 5.69 Å². The van der Waals surface area contributed by atoms with Crippen molar-refractivity contribution < 1.29 is 9.53 Å². The summed E-state index contributed by atoms with van der Waals surface area (Å²) in [5, 5.41) is 6.43. The minimum absolute atomic E-state index is 0.00766. The molecule has 1 aromatic carbocycles. The molecular weight excluding hydrogens is 290 g/mol. The fraction of sp³-hybridized carbons (Fsp3) is 0.611. The number of benzene rings is 1. The molecule has 2 unspecified atom stereocenters. The summed E-state index contributed by atoms with van der Waals surface area (Å²) in [5.41, 5.74) is 0.722. The minimum atomic E-state index is 0.00766. The second kappa shape index (κ2) is 8.89. The summed E-state index contributed by atoms with van der Waals surface area (Å²) in [6.07, 6.45) is 2.99. The third-order valence-electron chi connectivity index (χ3n) is 4.48. The van der Waals surface area contributed by atoms with Crippen molar-refractivity contribution in [1.29, 1.82) is 0 Å². The number of likely N-dealkylation sites (tertiary alicyclic amines) is 1. The molecule has 5 heteroatoms. The Labute approximate surface area is 139 Å². The summed E-state index contributed by atoms with van der Waals surface area (Å²) in [4.78, 5) is 14.7. The lowest BCUT2D eigenvalue weighted by molar-refractivity contribution is -0.116. The van der Waals surface area contributed by atoms with Gasteiger partial charge in [-0.2, -0.15) is 0 Å². The fourth-order valence-corrected chi connectivity index (χ4v) is 3.18. The highest BCUT2D eigenvalue weighted by Gasteiger charge is 2.23. The number of hydrogen-bond donors (Lipinski definition) is 2. The minimum Gasteiger partial charge on any atom is -0.495 e. The van der Waals surface area contributed by atoms with Gasteiger partial charge in [0.1, 0.15) is 5.75 Å². The first kappa shape index (κ1) is 17.8. The maximum Gasteiger partial charge on any atom is 0.226 e. The number of para-hydroxylation sites is 2. The Balaban J connectivity index is 1.76. The van der Waals surface area contributed by atoms with E-state index in [2.05, 4.69) is 29.4 Å². The summed E-state index contributed by atoms with van der Waals surface area (Å²) >= 11 is 0. The molecule has 0 aliphatic carbocycles. The predicted octanol–water partition coefficient (Wildman–Crippen LogP) is 2.49. The monoisotopic (exact) mass is 319 g/mol. The maximum atomic E-state index is 12.2. The summed E-state index contributed by atoms with van der Waals surface area (Å²) in [6.45, 7) is 7.53. The number of anilines is 1. The van der Waals surface area contributed by atoms with Gasteiger partial charge in [-0.25, -0.2) is 0 Å². The van der Waals surface area contributed by atoms with Crippen molar-refractivity contribution >= 4 is 11.6 Å². The van der Waals surface area contributed by atoms with Gasteiger partial charge in [-0.3, -0.25) is 9.69 Å². The van der Waals surface area contributed by atoms with Crippen molar-refractivity contribution in [2.45, 2.75) is 45.2 Å². The van der Waals surface area contributed by atoms with E-state index >= 15 is 0 Å². The molecule has 0 saturated carbocycles. The van der Waals surface area contributed by atoms with E-state index < -0.39 is 0 Å². The lowest BCUT2D eigenvalue weighted by atomic mass is 10.1. The van der Waals surface area contributed by atoms with Crippen molar-refractivity contribution in [2.24, 2.45) is 0 Å². The standard InChI is InChI=1S/C18H29N3O2/c1-4-21-11-7-8-15(21)13-19-14(2)12-18(22)20-16-9-5-6-10-17(16)23-3/h5-6,9-10,14-15,19H,4,7-8,11-13H2,1-3H3,(H,20,22). The second-order valence-electron chi connectivity index (χ2n) is 6.19. The first-order valence-corrected chi connectivity index (χ1v) is 8.54. The van der Waals surface area contributed by atoms with Gasteiger partial charge in [-0.1, -0.05) is 19.1 Å². The topological polar surface area (TPSA) is 53.6 Å². The van der Waals surface area contributed by atoms with E-state index in [1.165, 1.54) is 19.4 Å². The van der Waals surface area contributed by atoms with E-state index in [4.69, 9.17) is 4.74 Å². The molecule has 1 heterocycles. The van der Waals surface area contributed by atoms with Crippen molar-refractivity contribution in [2.75, 3.05) is 32.1 Å². The van der Waals surface area contributed by atoms with Gasteiger partial charge in [0, 0.05) is 25.0 Å². The molecule has 0 bridgehead atoms. The molecule has 1 fully saturated rings. The van der Waals surface area contributed by atoms with Crippen LogP contribution in [0.3, 0.4) is 0 Å². The molecule has 1 aliphatic rings. The lowest BCUT2D eigenvalue weighted by Crippen LogP contribution is -2.41. The normalized spacial score (nSPS) is 19.5. The molecule has 1 aromatic rings. The number of ether oxygens (including phenoxy) is 1. The third-order valence-corrected chi connectivity index (χ3v) is 4.48. The van der Waals surface area contributed by atoms with Crippen LogP contribution in [0.2, 0.25) is 0 Å². The highest BCUT2D eigenvalue weighted by Crippen LogP contribution is 2.23. The van der Waals surface area contributed by atoms with E-state index in [1.54, 1.807) is 7.11 Å². The number of methoxy groups -OCH3 is 1. The first-order valence-electron chi connectivity index (χ1n) is 8.54. The van der Waals surface area contributed by atoms with Gasteiger partial charge in [0.25, 0.3) is 0 Å². The lowest BCUT2D eigenvalue weighted by Gasteiger charge is -2.24. The van der Waals surface area contributed by atoms with E-state index in [0.717, 1.165) is 18.8 Å². The van der Waals surface area contributed by atoms with Crippen LogP contribution in [0, 0.1) is 0 Å². The third kappa shape index (κ3) is 5.22. The number of nitrogens with one attached hydrogen (secondary N) is 2. The maximum absolute atomic E-state index is 12.2. The summed E-state index contributed by atoms with van der Waals surface area (Å²) < 4.78 is 5.25. The van der Waals surface area contributed by atoms with Gasteiger partial charge in [0.05, 0.1) is 12.8 Å². The smallest absolute Gasteiger partial charge is 0.226 e. The van der Waals surface area contributed by atoms with Crippen LogP contribution < -0.4 is 15.4 Å². The number of amides is 1. The molecule has 1 aliphatic heterocycles. The van der Waals surface area contributed by atoms with Crippen molar-refractivity contribution in [1.82, 2.24) is 10.2 Å². The summed E-state index contributed by atoms with van der Waals surface area (Å²) in [7, 11) is 1.61. The predicted molar refractivity (Wildman–Crippen MR) is 94.0 cm³/mol. The number of likely N-dealkylation sites (N-methyl/N-ethyl adjacent to an activating group) is 1. The molecule has 0 spiro atoms. The zero-order valence-electron chi connectivity index (χ0n) is 14.5. The molecule has 1 saturated heterocycles. The molecule has 2 atom stereocenters. The Kier molecular flexibility index (Phi) is 6.86. The average Bonchev–Trinajstić information content (AvgIpc) is 3.01. The van der Waals surface area contributed by atoms with Crippen LogP contribution in [-0.4, -0.2) is 49.6 Å². The van der Waals surface area contributed by atoms with Crippen molar-refractivity contribution in [3.63, 3.8) is 0 Å². The van der Waals surface area contributed by atoms with Crippen molar-refractivity contribution in [3.8, 4) is 5.75 Å². The first-order chi connectivity index (χ1) is 11.1. The molecule has 2 rings (SSSR count). The van der Waals surface area contributed by atoms with Crippen LogP contribution >= 0.6 is 0 Å². The highest BCUT2D eigenvalue weighted by atomic mass is 16.5. The van der Waals surface area contributed by atoms with Gasteiger partial charge in [-0.15, -0.1) is 0 Å². The molecule has 23 heavy (non-hydrogen) atoms. The number of nitrogens with zero attached hydrogens (tertiary/aromatic N) is 1. The van der Waals surface area contributed by atoms with E-state index in [1.807, 2.05) is 24.3 Å². The summed E-state index contributed by atoms with van der Waals surface area (Å²) in [6, 6.07) is 8.24. The summed E-state index contributed by atoms with van der Waals surface area (Å²) in [5.74, 6) is 0.694. The second-order valence-corrected chi connectivity index (χ2v) is 6.19. The Morgan fingerprint density at radius 2 is 2.22 bits per heavy atom. The molecule has 128 valence electrons. The molecule has 2 N–H and O–H groups in total. The van der Waals surface area contributed by atoms with Gasteiger partial charge in [0.15, 0.2) is 0 Å². The quantitative estimate of drug-likeness (QED) is 0.773. The molecule has 0 radical (unpaired) electrons. The number of hydrogen-bond acceptors (Lipinski definition) is 4. The van der Waals surface area contributed by atoms with Gasteiger partial charge < -0.3 is 15.4 Å². The Hall–Kier alpha value is -1.59. The van der Waals surface area contributed by atoms with E-state index in [9.17, 15) is 4.79 Å². The Morgan fingerprint density at radius 1 is 1.43 bits per heavy atom. The highest BCUT2D eigenvalue weighted by molar-refractivity contribution is 5.92. The van der Waals surface area contributed by atoms with Gasteiger partial charge in [0.2, 0.25) is 5.91 Å². The van der Waals surface area contributed by atoms with E-state index in [0.29, 0.717) is 18.2 Å². The van der Waals surface area contributed by atoms with Crippen LogP contribution in [0.25, 0.3) is 0 Å². The van der Waals surface area contributed by atoms with Crippen molar-refractivity contribution in [3.05, 3.63) is 24.3 Å². The SMILES string of the molecule is CCN1CCCC1CNC(C)CC(=O)Nc1ccccc1OC. The van der Waals surface area contributed by atoms with E-state index in [-0.39, 0.29) is 11.9 Å². The van der Waals surface area contributed by atoms with Crippen LogP contribution in [-0.2, 0) is 4.79 Å². The molecule has 1 amide bonds. The van der Waals surface area contributed by atoms with Crippen LogP contribution in [0.15, 0.2) is 24.3 Å². The zero-order valence-corrected chi connectivity index (χ0v) is 14.5. The van der Waals surface area contributed by atoms with Crippen LogP contribution in [0.1, 0.15) is 33.1 Å². The van der Waals surface area contributed by atoms with Gasteiger partial charge in [-0.05, 0) is 45.0 Å². The molecule has 5 nitrogen and oxygen atoms in total. The van der Waals surface area contributed by atoms with Gasteiger partial charge >= 0.3 is 0 Å². The van der Waals surface area contributed by atoms with Crippen LogP contribution in [0.5, 0.6) is 5.75 Å². The number of carbonyl (C=O) groups excluding carboxylic acids is 1. The fourth-order valence-electron chi connectivity index (χ4n) is 3.18. The number of carbonyl (C=O) groups is 1. The zero-order chi connectivity index (χ0) is 16.7. The Bertz CT molecular complexity index is 507. The molecular formula is C18H29N3O2. The largest absolute Gasteiger partial charge is 0.495 e. The average molecular weight is 319 g/mol. The molecule has 0 aromatic heterocycles.